The molecule has 2 amide bonds. The fourth-order valence-corrected chi connectivity index (χ4v) is 5.58. The molecule has 0 aromatic heterocycles. The second-order valence-corrected chi connectivity index (χ2v) is 8.76. The number of carbonyl (C=O) groups is 2. The Bertz CT molecular complexity index is 549. The van der Waals surface area contributed by atoms with Gasteiger partial charge in [0.25, 0.3) is 11.8 Å². The molecular formula is C19H32N2O3. The van der Waals surface area contributed by atoms with Gasteiger partial charge in [-0.3, -0.25) is 9.59 Å². The van der Waals surface area contributed by atoms with Gasteiger partial charge in [0, 0.05) is 26.4 Å². The van der Waals surface area contributed by atoms with E-state index in [1.54, 1.807) is 19.0 Å². The van der Waals surface area contributed by atoms with Crippen molar-refractivity contribution in [2.75, 3.05) is 14.1 Å². The van der Waals surface area contributed by atoms with E-state index in [0.29, 0.717) is 23.7 Å². The first-order chi connectivity index (χ1) is 11.2. The van der Waals surface area contributed by atoms with Crippen molar-refractivity contribution in [3.63, 3.8) is 0 Å². The van der Waals surface area contributed by atoms with Gasteiger partial charge in [0.15, 0.2) is 0 Å². The van der Waals surface area contributed by atoms with Gasteiger partial charge < -0.3 is 15.0 Å². The summed E-state index contributed by atoms with van der Waals surface area (Å²) in [5.41, 5.74) is -1.98. The number of fused-ring (bicyclic) bond motifs is 2. The summed E-state index contributed by atoms with van der Waals surface area (Å²) in [6.45, 7) is 8.78. The zero-order valence-electron chi connectivity index (χ0n) is 15.9. The van der Waals surface area contributed by atoms with Crippen LogP contribution in [0.1, 0.15) is 53.4 Å². The molecule has 2 saturated heterocycles. The zero-order chi connectivity index (χ0) is 17.9. The van der Waals surface area contributed by atoms with Crippen LogP contribution in [0.5, 0.6) is 0 Å². The topological polar surface area (TPSA) is 58.6 Å². The van der Waals surface area contributed by atoms with E-state index in [2.05, 4.69) is 26.1 Å². The number of amides is 2. The van der Waals surface area contributed by atoms with E-state index in [1.165, 1.54) is 12.8 Å². The van der Waals surface area contributed by atoms with Crippen molar-refractivity contribution in [1.29, 1.82) is 0 Å². The van der Waals surface area contributed by atoms with E-state index in [4.69, 9.17) is 4.74 Å². The van der Waals surface area contributed by atoms with Gasteiger partial charge in [-0.1, -0.05) is 27.2 Å². The third-order valence-electron chi connectivity index (χ3n) is 6.99. The molecule has 5 heteroatoms. The Morgan fingerprint density at radius 3 is 2.58 bits per heavy atom. The van der Waals surface area contributed by atoms with E-state index < -0.39 is 11.3 Å². The first-order valence-electron chi connectivity index (χ1n) is 9.38. The molecule has 0 spiro atoms. The van der Waals surface area contributed by atoms with E-state index in [1.807, 2.05) is 6.92 Å². The molecule has 1 aliphatic carbocycles. The number of nitrogens with one attached hydrogen (secondary N) is 1. The molecule has 0 aromatic carbocycles. The number of rotatable bonds is 3. The lowest BCUT2D eigenvalue weighted by Gasteiger charge is -2.46. The first kappa shape index (κ1) is 17.7. The van der Waals surface area contributed by atoms with Crippen LogP contribution in [0.3, 0.4) is 0 Å². The Morgan fingerprint density at radius 2 is 2.04 bits per heavy atom. The summed E-state index contributed by atoms with van der Waals surface area (Å²) in [5, 5.41) is 2.71. The van der Waals surface area contributed by atoms with Crippen molar-refractivity contribution in [3.8, 4) is 0 Å². The van der Waals surface area contributed by atoms with Crippen LogP contribution in [-0.2, 0) is 14.3 Å². The molecule has 0 unspecified atom stereocenters. The highest BCUT2D eigenvalue weighted by atomic mass is 16.6. The largest absolute Gasteiger partial charge is 0.356 e. The van der Waals surface area contributed by atoms with Crippen LogP contribution in [0.4, 0.5) is 0 Å². The minimum absolute atomic E-state index is 0.0266. The SMILES string of the molecule is CNC(=O)[C@@]12O[C@@](C)(C[C@@H]1[C@@H]1C[C@H](C)CC[C@H]1C(C)C)N(C)C2=O. The molecule has 1 N–H and O–H groups in total. The van der Waals surface area contributed by atoms with E-state index in [9.17, 15) is 9.59 Å². The summed E-state index contributed by atoms with van der Waals surface area (Å²) in [4.78, 5) is 27.5. The smallest absolute Gasteiger partial charge is 0.267 e. The van der Waals surface area contributed by atoms with E-state index >= 15 is 0 Å². The van der Waals surface area contributed by atoms with Crippen LogP contribution in [0.15, 0.2) is 0 Å². The molecule has 24 heavy (non-hydrogen) atoms. The molecule has 2 aliphatic heterocycles. The molecule has 2 bridgehead atoms. The van der Waals surface area contributed by atoms with E-state index in [-0.39, 0.29) is 17.7 Å². The standard InChI is InChI=1S/C19H32N2O3/c1-11(2)13-8-7-12(3)9-14(13)15-10-18(4)21(6)17(23)19(15,24-18)16(22)20-5/h11-15H,7-10H2,1-6H3,(H,20,22)/t12-,13+,14-,15-,18+,19+/m1/s1. The van der Waals surface area contributed by atoms with Crippen molar-refractivity contribution in [2.24, 2.45) is 29.6 Å². The molecule has 3 rings (SSSR count). The van der Waals surface area contributed by atoms with Crippen molar-refractivity contribution in [2.45, 2.75) is 64.7 Å². The summed E-state index contributed by atoms with van der Waals surface area (Å²) >= 11 is 0. The summed E-state index contributed by atoms with van der Waals surface area (Å²) in [7, 11) is 3.36. The fraction of sp³-hybridized carbons (Fsp3) is 0.895. The number of hydrogen-bond donors (Lipinski definition) is 1. The normalized spacial score (nSPS) is 45.1. The van der Waals surface area contributed by atoms with Gasteiger partial charge in [-0.25, -0.2) is 0 Å². The molecule has 3 aliphatic rings. The molecule has 5 nitrogen and oxygen atoms in total. The highest BCUT2D eigenvalue weighted by molar-refractivity contribution is 6.11. The lowest BCUT2D eigenvalue weighted by Crippen LogP contribution is -2.61. The minimum Gasteiger partial charge on any atom is -0.356 e. The predicted molar refractivity (Wildman–Crippen MR) is 92.0 cm³/mol. The summed E-state index contributed by atoms with van der Waals surface area (Å²) in [6.07, 6.45) is 4.27. The molecular weight excluding hydrogens is 304 g/mol. The fourth-order valence-electron chi connectivity index (χ4n) is 5.58. The van der Waals surface area contributed by atoms with Crippen LogP contribution in [0.2, 0.25) is 0 Å². The average Bonchev–Trinajstić information content (AvgIpc) is 2.96. The first-order valence-corrected chi connectivity index (χ1v) is 9.38. The number of ether oxygens (including phenoxy) is 1. The minimum atomic E-state index is -1.33. The Hall–Kier alpha value is -1.10. The van der Waals surface area contributed by atoms with Crippen molar-refractivity contribution >= 4 is 11.8 Å². The van der Waals surface area contributed by atoms with Gasteiger partial charge in [0.1, 0.15) is 5.72 Å². The van der Waals surface area contributed by atoms with Crippen molar-refractivity contribution in [3.05, 3.63) is 0 Å². The zero-order valence-corrected chi connectivity index (χ0v) is 15.9. The molecule has 0 radical (unpaired) electrons. The Kier molecular flexibility index (Phi) is 4.22. The number of carbonyl (C=O) groups excluding carboxylic acids is 2. The van der Waals surface area contributed by atoms with Crippen LogP contribution in [0.25, 0.3) is 0 Å². The van der Waals surface area contributed by atoms with E-state index in [0.717, 1.165) is 12.8 Å². The molecule has 1 saturated carbocycles. The van der Waals surface area contributed by atoms with Crippen molar-refractivity contribution < 1.29 is 14.3 Å². The Balaban J connectivity index is 2.03. The molecule has 0 aromatic rings. The molecule has 3 fully saturated rings. The Labute approximate surface area is 145 Å². The van der Waals surface area contributed by atoms with Gasteiger partial charge in [0.05, 0.1) is 0 Å². The maximum absolute atomic E-state index is 13.0. The lowest BCUT2D eigenvalue weighted by molar-refractivity contribution is -0.157. The van der Waals surface area contributed by atoms with Crippen LogP contribution < -0.4 is 5.32 Å². The maximum atomic E-state index is 13.0. The van der Waals surface area contributed by atoms with Crippen LogP contribution in [-0.4, -0.2) is 42.1 Å². The van der Waals surface area contributed by atoms with Gasteiger partial charge in [-0.15, -0.1) is 0 Å². The highest BCUT2D eigenvalue weighted by Crippen LogP contribution is 2.58. The Morgan fingerprint density at radius 1 is 1.38 bits per heavy atom. The summed E-state index contributed by atoms with van der Waals surface area (Å²) in [5.74, 6) is 1.66. The highest BCUT2D eigenvalue weighted by Gasteiger charge is 2.73. The van der Waals surface area contributed by atoms with Crippen molar-refractivity contribution in [1.82, 2.24) is 10.2 Å². The number of nitrogens with zero attached hydrogens (tertiary/aromatic N) is 1. The number of hydrogen-bond acceptors (Lipinski definition) is 3. The predicted octanol–water partition coefficient (Wildman–Crippen LogP) is 2.40. The third-order valence-corrected chi connectivity index (χ3v) is 6.99. The maximum Gasteiger partial charge on any atom is 0.267 e. The lowest BCUT2D eigenvalue weighted by atomic mass is 9.60. The van der Waals surface area contributed by atoms with Crippen LogP contribution >= 0.6 is 0 Å². The number of piperidine rings is 1. The van der Waals surface area contributed by atoms with Crippen LogP contribution in [0, 0.1) is 29.6 Å². The second kappa shape index (κ2) is 5.72. The quantitative estimate of drug-likeness (QED) is 0.805. The monoisotopic (exact) mass is 336 g/mol. The van der Waals surface area contributed by atoms with Gasteiger partial charge in [-0.2, -0.15) is 0 Å². The molecule has 6 atom stereocenters. The number of likely N-dealkylation sites (N-methyl/N-ethyl adjacent to an activating group) is 2. The summed E-state index contributed by atoms with van der Waals surface area (Å²) in [6, 6.07) is 0. The number of likely N-dealkylation sites (tertiary alicyclic amines) is 1. The molecule has 136 valence electrons. The summed E-state index contributed by atoms with van der Waals surface area (Å²) < 4.78 is 6.22. The third kappa shape index (κ3) is 2.23. The van der Waals surface area contributed by atoms with Gasteiger partial charge in [0.2, 0.25) is 5.60 Å². The molecule has 2 heterocycles. The van der Waals surface area contributed by atoms with Gasteiger partial charge in [-0.05, 0) is 43.4 Å². The second-order valence-electron chi connectivity index (χ2n) is 8.76. The van der Waals surface area contributed by atoms with Gasteiger partial charge >= 0.3 is 0 Å². The average molecular weight is 336 g/mol.